The van der Waals surface area contributed by atoms with E-state index in [-0.39, 0.29) is 12.5 Å². The highest BCUT2D eigenvalue weighted by Gasteiger charge is 2.22. The van der Waals surface area contributed by atoms with Crippen LogP contribution in [0.25, 0.3) is 0 Å². The molecule has 0 bridgehead atoms. The molecule has 0 aromatic heterocycles. The van der Waals surface area contributed by atoms with Gasteiger partial charge in [-0.05, 0) is 18.8 Å². The molecule has 1 fully saturated rings. The molecular formula is C11H22N2O2. The van der Waals surface area contributed by atoms with Gasteiger partial charge in [0.25, 0.3) is 0 Å². The van der Waals surface area contributed by atoms with Gasteiger partial charge in [-0.15, -0.1) is 0 Å². The van der Waals surface area contributed by atoms with Gasteiger partial charge in [0.2, 0.25) is 5.91 Å². The van der Waals surface area contributed by atoms with Crippen LogP contribution in [0.5, 0.6) is 0 Å². The molecule has 1 heterocycles. The lowest BCUT2D eigenvalue weighted by Crippen LogP contribution is -2.41. The number of carbonyl (C=O) groups is 1. The van der Waals surface area contributed by atoms with E-state index >= 15 is 0 Å². The minimum atomic E-state index is 0.113. The van der Waals surface area contributed by atoms with Crippen LogP contribution in [0.4, 0.5) is 0 Å². The van der Waals surface area contributed by atoms with E-state index in [1.165, 1.54) is 6.42 Å². The number of amides is 1. The van der Waals surface area contributed by atoms with Gasteiger partial charge in [-0.3, -0.25) is 4.79 Å². The molecule has 88 valence electrons. The maximum absolute atomic E-state index is 11.7. The Balaban J connectivity index is 2.25. The molecule has 0 aliphatic carbocycles. The molecule has 4 nitrogen and oxygen atoms in total. The number of likely N-dealkylation sites (tertiary alicyclic amines) is 1. The van der Waals surface area contributed by atoms with E-state index in [0.29, 0.717) is 19.1 Å². The van der Waals surface area contributed by atoms with Gasteiger partial charge in [0.15, 0.2) is 0 Å². The van der Waals surface area contributed by atoms with Crippen molar-refractivity contribution < 1.29 is 9.53 Å². The predicted octanol–water partition coefficient (Wildman–Crippen LogP) is 0.610. The lowest BCUT2D eigenvalue weighted by Gasteiger charge is -2.32. The summed E-state index contributed by atoms with van der Waals surface area (Å²) >= 11 is 0. The molecule has 4 heteroatoms. The van der Waals surface area contributed by atoms with Crippen LogP contribution in [0, 0.1) is 5.92 Å². The summed E-state index contributed by atoms with van der Waals surface area (Å²) in [5.41, 5.74) is 5.29. The van der Waals surface area contributed by atoms with Crippen molar-refractivity contribution in [3.63, 3.8) is 0 Å². The fourth-order valence-electron chi connectivity index (χ4n) is 1.96. The Labute approximate surface area is 91.8 Å². The number of ether oxygens (including phenoxy) is 1. The third kappa shape index (κ3) is 4.18. The molecule has 1 unspecified atom stereocenters. The average molecular weight is 214 g/mol. The number of nitrogens with zero attached hydrogens (tertiary/aromatic N) is 1. The zero-order valence-electron chi connectivity index (χ0n) is 9.58. The van der Waals surface area contributed by atoms with Crippen molar-refractivity contribution >= 4 is 5.91 Å². The van der Waals surface area contributed by atoms with Gasteiger partial charge < -0.3 is 15.4 Å². The molecule has 0 spiro atoms. The lowest BCUT2D eigenvalue weighted by atomic mass is 9.96. The summed E-state index contributed by atoms with van der Waals surface area (Å²) < 4.78 is 5.15. The second-order valence-corrected chi connectivity index (χ2v) is 4.10. The largest absolute Gasteiger partial charge is 0.370 e. The first-order valence-electron chi connectivity index (χ1n) is 5.83. The van der Waals surface area contributed by atoms with Crippen LogP contribution in [0.15, 0.2) is 0 Å². The Kier molecular flexibility index (Phi) is 5.65. The molecule has 1 saturated heterocycles. The first kappa shape index (κ1) is 12.5. The molecule has 0 aromatic carbocycles. The van der Waals surface area contributed by atoms with E-state index in [0.717, 1.165) is 25.9 Å². The Bertz CT molecular complexity index is 197. The summed E-state index contributed by atoms with van der Waals surface area (Å²) in [5.74, 6) is 0.791. The summed E-state index contributed by atoms with van der Waals surface area (Å²) in [6.07, 6.45) is 3.54. The standard InChI is InChI=1S/C11H22N2O2/c1-2-10-4-3-6-13(8-10)11(14)9-15-7-5-12/h10H,2-9,12H2,1H3. The Morgan fingerprint density at radius 3 is 3.07 bits per heavy atom. The van der Waals surface area contributed by atoms with Crippen molar-refractivity contribution in [2.75, 3.05) is 32.8 Å². The third-order valence-corrected chi connectivity index (χ3v) is 2.94. The molecule has 15 heavy (non-hydrogen) atoms. The van der Waals surface area contributed by atoms with Crippen LogP contribution in [0.1, 0.15) is 26.2 Å². The van der Waals surface area contributed by atoms with Crippen LogP contribution in [0.2, 0.25) is 0 Å². The average Bonchev–Trinajstić information content (AvgIpc) is 2.29. The van der Waals surface area contributed by atoms with Crippen molar-refractivity contribution in [1.29, 1.82) is 0 Å². The van der Waals surface area contributed by atoms with Gasteiger partial charge >= 0.3 is 0 Å². The molecule has 1 rings (SSSR count). The minimum Gasteiger partial charge on any atom is -0.370 e. The van der Waals surface area contributed by atoms with Crippen molar-refractivity contribution in [3.8, 4) is 0 Å². The van der Waals surface area contributed by atoms with Gasteiger partial charge in [-0.2, -0.15) is 0 Å². The van der Waals surface area contributed by atoms with Gasteiger partial charge in [-0.25, -0.2) is 0 Å². The quantitative estimate of drug-likeness (QED) is 0.682. The summed E-state index contributed by atoms with van der Waals surface area (Å²) in [6, 6.07) is 0. The van der Waals surface area contributed by atoms with Crippen LogP contribution in [-0.4, -0.2) is 43.7 Å². The summed E-state index contributed by atoms with van der Waals surface area (Å²) in [6.45, 7) is 5.11. The minimum absolute atomic E-state index is 0.113. The van der Waals surface area contributed by atoms with Crippen LogP contribution in [0.3, 0.4) is 0 Å². The van der Waals surface area contributed by atoms with E-state index in [2.05, 4.69) is 6.92 Å². The zero-order chi connectivity index (χ0) is 11.1. The first-order chi connectivity index (χ1) is 7.27. The first-order valence-corrected chi connectivity index (χ1v) is 5.83. The van der Waals surface area contributed by atoms with Gasteiger partial charge in [0, 0.05) is 19.6 Å². The van der Waals surface area contributed by atoms with Crippen LogP contribution in [-0.2, 0) is 9.53 Å². The number of hydrogen-bond donors (Lipinski definition) is 1. The topological polar surface area (TPSA) is 55.6 Å². The molecule has 1 aliphatic heterocycles. The fraction of sp³-hybridized carbons (Fsp3) is 0.909. The highest BCUT2D eigenvalue weighted by Crippen LogP contribution is 2.18. The summed E-state index contributed by atoms with van der Waals surface area (Å²) in [7, 11) is 0. The van der Waals surface area contributed by atoms with E-state index < -0.39 is 0 Å². The van der Waals surface area contributed by atoms with Crippen LogP contribution < -0.4 is 5.73 Å². The van der Waals surface area contributed by atoms with Crippen LogP contribution >= 0.6 is 0 Å². The third-order valence-electron chi connectivity index (χ3n) is 2.94. The van der Waals surface area contributed by atoms with Gasteiger partial charge in [0.05, 0.1) is 6.61 Å². The number of carbonyl (C=O) groups excluding carboxylic acids is 1. The molecule has 2 N–H and O–H groups in total. The maximum atomic E-state index is 11.7. The molecular weight excluding hydrogens is 192 g/mol. The second kappa shape index (κ2) is 6.80. The molecule has 1 amide bonds. The van der Waals surface area contributed by atoms with Crippen molar-refractivity contribution in [3.05, 3.63) is 0 Å². The van der Waals surface area contributed by atoms with Crippen molar-refractivity contribution in [1.82, 2.24) is 4.90 Å². The predicted molar refractivity (Wildman–Crippen MR) is 59.5 cm³/mol. The van der Waals surface area contributed by atoms with E-state index in [4.69, 9.17) is 10.5 Å². The van der Waals surface area contributed by atoms with E-state index in [1.807, 2.05) is 4.90 Å². The van der Waals surface area contributed by atoms with E-state index in [9.17, 15) is 4.79 Å². The molecule has 0 aromatic rings. The highest BCUT2D eigenvalue weighted by molar-refractivity contribution is 5.77. The fourth-order valence-corrected chi connectivity index (χ4v) is 1.96. The Morgan fingerprint density at radius 2 is 2.40 bits per heavy atom. The Hall–Kier alpha value is -0.610. The number of nitrogens with two attached hydrogens (primary N) is 1. The van der Waals surface area contributed by atoms with E-state index in [1.54, 1.807) is 0 Å². The molecule has 0 radical (unpaired) electrons. The molecule has 0 saturated carbocycles. The zero-order valence-corrected chi connectivity index (χ0v) is 9.58. The van der Waals surface area contributed by atoms with Gasteiger partial charge in [-0.1, -0.05) is 13.3 Å². The normalized spacial score (nSPS) is 21.7. The maximum Gasteiger partial charge on any atom is 0.248 e. The Morgan fingerprint density at radius 1 is 1.60 bits per heavy atom. The summed E-state index contributed by atoms with van der Waals surface area (Å²) in [4.78, 5) is 13.6. The summed E-state index contributed by atoms with van der Waals surface area (Å²) in [5, 5.41) is 0. The highest BCUT2D eigenvalue weighted by atomic mass is 16.5. The molecule has 1 atom stereocenters. The number of hydrogen-bond acceptors (Lipinski definition) is 3. The monoisotopic (exact) mass is 214 g/mol. The molecule has 1 aliphatic rings. The lowest BCUT2D eigenvalue weighted by molar-refractivity contribution is -0.137. The van der Waals surface area contributed by atoms with Crippen molar-refractivity contribution in [2.45, 2.75) is 26.2 Å². The SMILES string of the molecule is CCC1CCCN(C(=O)COCCN)C1. The second-order valence-electron chi connectivity index (χ2n) is 4.10. The van der Waals surface area contributed by atoms with Crippen molar-refractivity contribution in [2.24, 2.45) is 11.7 Å². The number of piperidine rings is 1. The number of rotatable bonds is 5. The smallest absolute Gasteiger partial charge is 0.248 e. The van der Waals surface area contributed by atoms with Gasteiger partial charge in [0.1, 0.15) is 6.61 Å².